The van der Waals surface area contributed by atoms with Gasteiger partial charge in [-0.2, -0.15) is 0 Å². The number of nitrogens with zero attached hydrogens (tertiary/aromatic N) is 1. The van der Waals surface area contributed by atoms with E-state index in [0.717, 1.165) is 0 Å². The molecule has 1 saturated heterocycles. The van der Waals surface area contributed by atoms with Crippen LogP contribution < -0.4 is 5.32 Å². The van der Waals surface area contributed by atoms with Crippen LogP contribution >= 0.6 is 0 Å². The molecule has 0 aromatic heterocycles. The van der Waals surface area contributed by atoms with Crippen molar-refractivity contribution in [2.75, 3.05) is 18.8 Å². The molecule has 1 aromatic carbocycles. The van der Waals surface area contributed by atoms with Crippen molar-refractivity contribution in [3.8, 4) is 0 Å². The highest BCUT2D eigenvalue weighted by molar-refractivity contribution is 7.91. The average Bonchev–Trinajstić information content (AvgIpc) is 2.45. The van der Waals surface area contributed by atoms with Crippen molar-refractivity contribution in [2.24, 2.45) is 0 Å². The summed E-state index contributed by atoms with van der Waals surface area (Å²) in [7, 11) is -3.23. The smallest absolute Gasteiger partial charge is 0.253 e. The van der Waals surface area contributed by atoms with E-state index in [1.54, 1.807) is 12.1 Å². The molecule has 0 aliphatic carbocycles. The van der Waals surface area contributed by atoms with E-state index >= 15 is 0 Å². The largest absolute Gasteiger partial charge is 0.336 e. The summed E-state index contributed by atoms with van der Waals surface area (Å²) < 4.78 is 24.0. The topological polar surface area (TPSA) is 66.5 Å². The van der Waals surface area contributed by atoms with Crippen molar-refractivity contribution in [2.45, 2.75) is 44.2 Å². The lowest BCUT2D eigenvalue weighted by Gasteiger charge is -2.36. The summed E-state index contributed by atoms with van der Waals surface area (Å²) in [5.74, 6) is 0.0901. The Labute approximate surface area is 132 Å². The number of carbonyl (C=O) groups is 1. The van der Waals surface area contributed by atoms with Gasteiger partial charge in [0, 0.05) is 30.7 Å². The number of sulfone groups is 1. The van der Waals surface area contributed by atoms with Crippen molar-refractivity contribution >= 4 is 15.7 Å². The molecule has 122 valence electrons. The standard InChI is InChI=1S/C16H24N2O3S/c1-4-9-22(20,21)15-7-5-14(6-8-15)16(19)18-10-12(2)17-13(3)11-18/h5-8,12-13,17H,4,9-11H2,1-3H3/t12-,13+. The molecule has 1 aliphatic heterocycles. The Morgan fingerprint density at radius 1 is 1.18 bits per heavy atom. The van der Waals surface area contributed by atoms with Crippen LogP contribution in [0.15, 0.2) is 29.2 Å². The van der Waals surface area contributed by atoms with Gasteiger partial charge in [0.25, 0.3) is 5.91 Å². The van der Waals surface area contributed by atoms with Crippen molar-refractivity contribution in [3.63, 3.8) is 0 Å². The highest BCUT2D eigenvalue weighted by atomic mass is 32.2. The first kappa shape index (κ1) is 17.0. The fourth-order valence-electron chi connectivity index (χ4n) is 2.87. The summed E-state index contributed by atoms with van der Waals surface area (Å²) in [5, 5.41) is 3.39. The van der Waals surface area contributed by atoms with Gasteiger partial charge in [-0.15, -0.1) is 0 Å². The van der Waals surface area contributed by atoms with Gasteiger partial charge in [0.05, 0.1) is 10.6 Å². The minimum Gasteiger partial charge on any atom is -0.336 e. The molecular weight excluding hydrogens is 300 g/mol. The Balaban J connectivity index is 2.15. The van der Waals surface area contributed by atoms with E-state index in [0.29, 0.717) is 25.1 Å². The van der Waals surface area contributed by atoms with Crippen LogP contribution in [-0.4, -0.2) is 50.2 Å². The van der Waals surface area contributed by atoms with Gasteiger partial charge < -0.3 is 10.2 Å². The van der Waals surface area contributed by atoms with Crippen LogP contribution in [0.4, 0.5) is 0 Å². The minimum atomic E-state index is -3.23. The van der Waals surface area contributed by atoms with Gasteiger partial charge in [-0.1, -0.05) is 6.92 Å². The second-order valence-corrected chi connectivity index (χ2v) is 8.13. The second kappa shape index (κ2) is 6.79. The first-order chi connectivity index (χ1) is 10.3. The zero-order valence-electron chi connectivity index (χ0n) is 13.4. The van der Waals surface area contributed by atoms with E-state index in [9.17, 15) is 13.2 Å². The maximum absolute atomic E-state index is 12.5. The SMILES string of the molecule is CCCS(=O)(=O)c1ccc(C(=O)N2C[C@@H](C)N[C@@H](C)C2)cc1. The van der Waals surface area contributed by atoms with E-state index < -0.39 is 9.84 Å². The van der Waals surface area contributed by atoms with Crippen molar-refractivity contribution in [1.82, 2.24) is 10.2 Å². The maximum atomic E-state index is 12.5. The third-order valence-corrected chi connectivity index (χ3v) is 5.71. The lowest BCUT2D eigenvalue weighted by Crippen LogP contribution is -2.55. The number of carbonyl (C=O) groups excluding carboxylic acids is 1. The Kier molecular flexibility index (Phi) is 5.24. The van der Waals surface area contributed by atoms with Crippen LogP contribution in [0.5, 0.6) is 0 Å². The van der Waals surface area contributed by atoms with Crippen LogP contribution in [0, 0.1) is 0 Å². The first-order valence-corrected chi connectivity index (χ1v) is 9.37. The zero-order valence-corrected chi connectivity index (χ0v) is 14.2. The van der Waals surface area contributed by atoms with E-state index in [4.69, 9.17) is 0 Å². The highest BCUT2D eigenvalue weighted by Gasteiger charge is 2.25. The molecule has 0 bridgehead atoms. The average molecular weight is 324 g/mol. The fraction of sp³-hybridized carbons (Fsp3) is 0.562. The third-order valence-electron chi connectivity index (χ3n) is 3.78. The summed E-state index contributed by atoms with van der Waals surface area (Å²) in [5.41, 5.74) is 0.539. The molecule has 2 atom stereocenters. The van der Waals surface area contributed by atoms with Crippen LogP contribution in [-0.2, 0) is 9.84 Å². The number of benzene rings is 1. The second-order valence-electron chi connectivity index (χ2n) is 6.02. The lowest BCUT2D eigenvalue weighted by molar-refractivity contribution is 0.0673. The third kappa shape index (κ3) is 3.87. The molecule has 5 nitrogen and oxygen atoms in total. The molecule has 1 amide bonds. The van der Waals surface area contributed by atoms with Crippen LogP contribution in [0.1, 0.15) is 37.6 Å². The van der Waals surface area contributed by atoms with Crippen molar-refractivity contribution in [1.29, 1.82) is 0 Å². The van der Waals surface area contributed by atoms with Gasteiger partial charge in [0.2, 0.25) is 0 Å². The number of amides is 1. The fourth-order valence-corrected chi connectivity index (χ4v) is 4.19. The van der Waals surface area contributed by atoms with Gasteiger partial charge in [-0.05, 0) is 44.5 Å². The highest BCUT2D eigenvalue weighted by Crippen LogP contribution is 2.16. The Morgan fingerprint density at radius 2 is 1.73 bits per heavy atom. The molecule has 22 heavy (non-hydrogen) atoms. The maximum Gasteiger partial charge on any atom is 0.253 e. The normalized spacial score (nSPS) is 22.6. The predicted octanol–water partition coefficient (Wildman–Crippen LogP) is 1.69. The van der Waals surface area contributed by atoms with Crippen molar-refractivity contribution in [3.05, 3.63) is 29.8 Å². The Bertz CT molecular complexity index is 615. The summed E-state index contributed by atoms with van der Waals surface area (Å²) in [6, 6.07) is 6.82. The molecule has 0 unspecified atom stereocenters. The number of nitrogens with one attached hydrogen (secondary N) is 1. The first-order valence-electron chi connectivity index (χ1n) is 7.71. The minimum absolute atomic E-state index is 0.0420. The molecule has 0 spiro atoms. The molecule has 0 saturated carbocycles. The Hall–Kier alpha value is -1.40. The molecule has 2 rings (SSSR count). The van der Waals surface area contributed by atoms with Crippen LogP contribution in [0.25, 0.3) is 0 Å². The molecule has 0 radical (unpaired) electrons. The predicted molar refractivity (Wildman–Crippen MR) is 86.7 cm³/mol. The van der Waals surface area contributed by atoms with Crippen molar-refractivity contribution < 1.29 is 13.2 Å². The number of hydrogen-bond acceptors (Lipinski definition) is 4. The quantitative estimate of drug-likeness (QED) is 0.915. The lowest BCUT2D eigenvalue weighted by atomic mass is 10.1. The van der Waals surface area contributed by atoms with Gasteiger partial charge >= 0.3 is 0 Å². The molecular formula is C16H24N2O3S. The number of piperazine rings is 1. The van der Waals surface area contributed by atoms with E-state index in [1.807, 2.05) is 11.8 Å². The molecule has 1 heterocycles. The van der Waals surface area contributed by atoms with Gasteiger partial charge in [0.1, 0.15) is 0 Å². The molecule has 1 aliphatic rings. The summed E-state index contributed by atoms with van der Waals surface area (Å²) in [4.78, 5) is 14.6. The molecule has 1 fully saturated rings. The number of rotatable bonds is 4. The summed E-state index contributed by atoms with van der Waals surface area (Å²) in [6.07, 6.45) is 0.583. The van der Waals surface area contributed by atoms with Gasteiger partial charge in [0.15, 0.2) is 9.84 Å². The van der Waals surface area contributed by atoms with Gasteiger partial charge in [-0.3, -0.25) is 4.79 Å². The van der Waals surface area contributed by atoms with Crippen LogP contribution in [0.3, 0.4) is 0 Å². The summed E-state index contributed by atoms with van der Waals surface area (Å²) in [6.45, 7) is 7.27. The van der Waals surface area contributed by atoms with Gasteiger partial charge in [-0.25, -0.2) is 8.42 Å². The molecule has 6 heteroatoms. The number of hydrogen-bond donors (Lipinski definition) is 1. The Morgan fingerprint density at radius 3 is 2.23 bits per heavy atom. The van der Waals surface area contributed by atoms with E-state index in [2.05, 4.69) is 19.2 Å². The molecule has 1 aromatic rings. The van der Waals surface area contributed by atoms with E-state index in [-0.39, 0.29) is 28.6 Å². The molecule has 1 N–H and O–H groups in total. The zero-order chi connectivity index (χ0) is 16.3. The monoisotopic (exact) mass is 324 g/mol. The van der Waals surface area contributed by atoms with E-state index in [1.165, 1.54) is 12.1 Å². The van der Waals surface area contributed by atoms with Crippen LogP contribution in [0.2, 0.25) is 0 Å². The summed E-state index contributed by atoms with van der Waals surface area (Å²) >= 11 is 0.